The van der Waals surface area contributed by atoms with Crippen LogP contribution in [0.2, 0.25) is 0 Å². The zero-order chi connectivity index (χ0) is 29.6. The fourth-order valence-corrected chi connectivity index (χ4v) is 5.64. The Balaban J connectivity index is 1.54. The largest absolute Gasteiger partial charge is 0.495 e. The van der Waals surface area contributed by atoms with Gasteiger partial charge in [-0.2, -0.15) is 13.2 Å². The number of sulfone groups is 1. The van der Waals surface area contributed by atoms with Crippen LogP contribution in [0.25, 0.3) is 10.9 Å². The molecule has 3 aromatic rings. The molecule has 8 nitrogen and oxygen atoms in total. The Kier molecular flexibility index (Phi) is 9.73. The molecule has 12 heteroatoms. The van der Waals surface area contributed by atoms with Crippen molar-refractivity contribution in [1.29, 1.82) is 0 Å². The Bertz CT molecular complexity index is 1520. The Labute approximate surface area is 238 Å². The van der Waals surface area contributed by atoms with Gasteiger partial charge in [0.25, 0.3) is 0 Å². The number of alkyl halides is 3. The van der Waals surface area contributed by atoms with E-state index in [1.54, 1.807) is 24.3 Å². The third-order valence-electron chi connectivity index (χ3n) is 7.05. The van der Waals surface area contributed by atoms with E-state index >= 15 is 0 Å². The highest BCUT2D eigenvalue weighted by atomic mass is 32.2. The maximum atomic E-state index is 13.6. The number of anilines is 2. The standard InChI is InChI=1S/C29H35F3N4O4S/c1-40-28-19-23(41(2,38)39)9-10-26(28)33-13-4-6-22-18-24-25(7-3-8-27(24)36(22)20-29(30,31)32)34-21-11-15-35(16-12-21)14-5-17-37/h3,7-10,18-19,21,33-34,37H,5,11-17,20H2,1-2H3. The Morgan fingerprint density at radius 1 is 1.12 bits per heavy atom. The molecule has 3 N–H and O–H groups in total. The normalized spacial score (nSPS) is 15.0. The van der Waals surface area contributed by atoms with Crippen molar-refractivity contribution in [2.75, 3.05) is 56.8 Å². The predicted octanol–water partition coefficient (Wildman–Crippen LogP) is 4.34. The molecule has 1 aliphatic heterocycles. The van der Waals surface area contributed by atoms with Gasteiger partial charge in [-0.25, -0.2) is 8.42 Å². The molecular weight excluding hydrogens is 557 g/mol. The lowest BCUT2D eigenvalue weighted by Crippen LogP contribution is -2.39. The monoisotopic (exact) mass is 592 g/mol. The Morgan fingerprint density at radius 3 is 2.54 bits per heavy atom. The van der Waals surface area contributed by atoms with E-state index in [1.165, 1.54) is 23.8 Å². The van der Waals surface area contributed by atoms with Crippen LogP contribution in [0.1, 0.15) is 25.0 Å². The average Bonchev–Trinajstić information content (AvgIpc) is 3.26. The van der Waals surface area contributed by atoms with Gasteiger partial charge in [0, 0.05) is 55.7 Å². The molecule has 1 aromatic heterocycles. The number of benzene rings is 2. The number of rotatable bonds is 10. The highest BCUT2D eigenvalue weighted by Crippen LogP contribution is 2.31. The lowest BCUT2D eigenvalue weighted by Gasteiger charge is -2.32. The van der Waals surface area contributed by atoms with E-state index in [-0.39, 0.29) is 29.8 Å². The van der Waals surface area contributed by atoms with Crippen molar-refractivity contribution in [2.24, 2.45) is 0 Å². The fraction of sp³-hybridized carbons (Fsp3) is 0.448. The summed E-state index contributed by atoms with van der Waals surface area (Å²) in [5.74, 6) is 6.09. The van der Waals surface area contributed by atoms with Gasteiger partial charge in [0.2, 0.25) is 0 Å². The number of aromatic nitrogens is 1. The third-order valence-corrected chi connectivity index (χ3v) is 8.16. The van der Waals surface area contributed by atoms with E-state index in [4.69, 9.17) is 9.84 Å². The maximum Gasteiger partial charge on any atom is 0.406 e. The summed E-state index contributed by atoms with van der Waals surface area (Å²) in [4.78, 5) is 2.42. The molecule has 0 spiro atoms. The van der Waals surface area contributed by atoms with Gasteiger partial charge in [-0.05, 0) is 55.5 Å². The van der Waals surface area contributed by atoms with Crippen LogP contribution >= 0.6 is 0 Å². The number of fused-ring (bicyclic) bond motifs is 1. The first-order valence-electron chi connectivity index (χ1n) is 13.4. The maximum absolute atomic E-state index is 13.6. The van der Waals surface area contributed by atoms with Crippen molar-refractivity contribution >= 4 is 32.1 Å². The minimum absolute atomic E-state index is 0.0993. The number of ether oxygens (including phenoxy) is 1. The summed E-state index contributed by atoms with van der Waals surface area (Å²) in [6.07, 6.45) is -0.784. The highest BCUT2D eigenvalue weighted by molar-refractivity contribution is 7.90. The molecule has 0 unspecified atom stereocenters. The second kappa shape index (κ2) is 13.1. The topological polar surface area (TPSA) is 95.8 Å². The van der Waals surface area contributed by atoms with E-state index in [1.807, 2.05) is 6.07 Å². The van der Waals surface area contributed by atoms with E-state index in [0.29, 0.717) is 22.3 Å². The van der Waals surface area contributed by atoms with E-state index in [0.717, 1.165) is 50.8 Å². The van der Waals surface area contributed by atoms with Gasteiger partial charge in [0.15, 0.2) is 9.84 Å². The number of aliphatic hydroxyl groups excluding tert-OH is 1. The van der Waals surface area contributed by atoms with Crippen LogP contribution in [0, 0.1) is 11.8 Å². The summed E-state index contributed by atoms with van der Waals surface area (Å²) in [7, 11) is -1.99. The van der Waals surface area contributed by atoms with Crippen molar-refractivity contribution in [3.63, 3.8) is 0 Å². The first-order chi connectivity index (χ1) is 19.5. The van der Waals surface area contributed by atoms with E-state index < -0.39 is 22.6 Å². The van der Waals surface area contributed by atoms with Crippen LogP contribution < -0.4 is 15.4 Å². The molecule has 41 heavy (non-hydrogen) atoms. The predicted molar refractivity (Wildman–Crippen MR) is 154 cm³/mol. The lowest BCUT2D eigenvalue weighted by atomic mass is 10.0. The molecule has 0 aliphatic carbocycles. The van der Waals surface area contributed by atoms with Crippen LogP contribution in [0.15, 0.2) is 47.4 Å². The number of halogens is 3. The van der Waals surface area contributed by atoms with Gasteiger partial charge < -0.3 is 29.9 Å². The molecule has 4 rings (SSSR count). The van der Waals surface area contributed by atoms with Crippen LogP contribution in [0.5, 0.6) is 5.75 Å². The van der Waals surface area contributed by atoms with Crippen molar-refractivity contribution in [1.82, 2.24) is 9.47 Å². The van der Waals surface area contributed by atoms with Gasteiger partial charge in [0.05, 0.1) is 35.4 Å². The van der Waals surface area contributed by atoms with Gasteiger partial charge in [0.1, 0.15) is 12.3 Å². The number of likely N-dealkylation sites (tertiary alicyclic amines) is 1. The molecule has 0 amide bonds. The smallest absolute Gasteiger partial charge is 0.406 e. The second-order valence-electron chi connectivity index (χ2n) is 10.1. The molecule has 0 bridgehead atoms. The number of methoxy groups -OCH3 is 1. The molecule has 222 valence electrons. The van der Waals surface area contributed by atoms with E-state index in [2.05, 4.69) is 27.4 Å². The van der Waals surface area contributed by atoms with Crippen molar-refractivity contribution in [2.45, 2.75) is 42.9 Å². The molecule has 0 atom stereocenters. The molecule has 1 fully saturated rings. The average molecular weight is 593 g/mol. The number of nitrogens with zero attached hydrogens (tertiary/aromatic N) is 2. The number of hydrogen-bond donors (Lipinski definition) is 3. The van der Waals surface area contributed by atoms with Crippen LogP contribution in [0.4, 0.5) is 24.5 Å². The van der Waals surface area contributed by atoms with Crippen molar-refractivity contribution in [3.8, 4) is 17.6 Å². The van der Waals surface area contributed by atoms with Gasteiger partial charge in [-0.3, -0.25) is 0 Å². The Morgan fingerprint density at radius 2 is 1.88 bits per heavy atom. The van der Waals surface area contributed by atoms with Crippen LogP contribution in [0.3, 0.4) is 0 Å². The molecule has 1 saturated heterocycles. The summed E-state index contributed by atoms with van der Waals surface area (Å²) in [6, 6.07) is 11.6. The number of piperidine rings is 1. The van der Waals surface area contributed by atoms with Gasteiger partial charge in [-0.15, -0.1) is 0 Å². The quantitative estimate of drug-likeness (QED) is 0.302. The summed E-state index contributed by atoms with van der Waals surface area (Å²) < 4.78 is 70.8. The first-order valence-corrected chi connectivity index (χ1v) is 15.3. The number of aliphatic hydroxyl groups is 1. The third kappa shape index (κ3) is 8.09. The molecule has 2 aromatic carbocycles. The number of hydrogen-bond acceptors (Lipinski definition) is 7. The lowest BCUT2D eigenvalue weighted by molar-refractivity contribution is -0.140. The molecule has 0 radical (unpaired) electrons. The summed E-state index contributed by atoms with van der Waals surface area (Å²) >= 11 is 0. The molecular formula is C29H35F3N4O4S. The SMILES string of the molecule is COc1cc(S(C)(=O)=O)ccc1NCC#Cc1cc2c(NC3CCN(CCCO)CC3)cccc2n1CC(F)(F)F. The van der Waals surface area contributed by atoms with Crippen molar-refractivity contribution < 1.29 is 31.4 Å². The van der Waals surface area contributed by atoms with E-state index in [9.17, 15) is 21.6 Å². The zero-order valence-corrected chi connectivity index (χ0v) is 23.9. The zero-order valence-electron chi connectivity index (χ0n) is 23.1. The van der Waals surface area contributed by atoms with Crippen LogP contribution in [-0.2, 0) is 16.4 Å². The molecule has 1 aliphatic rings. The first kappa shape index (κ1) is 30.6. The minimum Gasteiger partial charge on any atom is -0.495 e. The Hall–Kier alpha value is -3.40. The fourth-order valence-electron chi connectivity index (χ4n) is 5.00. The van der Waals surface area contributed by atoms with Gasteiger partial charge >= 0.3 is 6.18 Å². The molecule has 2 heterocycles. The summed E-state index contributed by atoms with van der Waals surface area (Å²) in [6.45, 7) is 1.75. The van der Waals surface area contributed by atoms with Crippen molar-refractivity contribution in [3.05, 3.63) is 48.2 Å². The second-order valence-corrected chi connectivity index (χ2v) is 12.1. The van der Waals surface area contributed by atoms with Crippen LogP contribution in [-0.4, -0.2) is 81.4 Å². The number of nitrogens with one attached hydrogen (secondary N) is 2. The molecule has 0 saturated carbocycles. The summed E-state index contributed by atoms with van der Waals surface area (Å²) in [5.41, 5.74) is 1.97. The highest BCUT2D eigenvalue weighted by Gasteiger charge is 2.30. The minimum atomic E-state index is -4.43. The van der Waals surface area contributed by atoms with Gasteiger partial charge in [-0.1, -0.05) is 12.0 Å². The summed E-state index contributed by atoms with van der Waals surface area (Å²) in [5, 5.41) is 16.3.